The van der Waals surface area contributed by atoms with Gasteiger partial charge in [-0.2, -0.15) is 0 Å². The third-order valence-corrected chi connectivity index (χ3v) is 3.76. The van der Waals surface area contributed by atoms with Crippen LogP contribution in [0.3, 0.4) is 0 Å². The zero-order chi connectivity index (χ0) is 16.1. The number of hydrogen-bond acceptors (Lipinski definition) is 4. The van der Waals surface area contributed by atoms with Crippen molar-refractivity contribution in [2.75, 3.05) is 6.61 Å². The lowest BCUT2D eigenvalue weighted by molar-refractivity contribution is -0.183. The van der Waals surface area contributed by atoms with E-state index in [1.54, 1.807) is 13.0 Å². The van der Waals surface area contributed by atoms with E-state index >= 15 is 0 Å². The Hall–Kier alpha value is -0.870. The van der Waals surface area contributed by atoms with Crippen LogP contribution in [-0.2, 0) is 14.3 Å². The van der Waals surface area contributed by atoms with Crippen LogP contribution in [-0.4, -0.2) is 35.0 Å². The van der Waals surface area contributed by atoms with Gasteiger partial charge in [0.25, 0.3) is 0 Å². The average Bonchev–Trinajstić information content (AvgIpc) is 2.35. The monoisotopic (exact) mass is 298 g/mol. The second-order valence-electron chi connectivity index (χ2n) is 7.22. The highest BCUT2D eigenvalue weighted by Crippen LogP contribution is 2.28. The van der Waals surface area contributed by atoms with Gasteiger partial charge in [0.1, 0.15) is 5.60 Å². The first-order valence-electron chi connectivity index (χ1n) is 7.82. The Balaban J connectivity index is 2.62. The molecule has 4 heteroatoms. The molecule has 0 heterocycles. The third-order valence-electron chi connectivity index (χ3n) is 3.76. The van der Waals surface area contributed by atoms with Crippen LogP contribution < -0.4 is 0 Å². The lowest BCUT2D eigenvalue weighted by atomic mass is 9.87. The molecule has 4 nitrogen and oxygen atoms in total. The molecule has 0 aromatic rings. The number of aliphatic hydroxyl groups is 1. The van der Waals surface area contributed by atoms with Crippen molar-refractivity contribution in [2.45, 2.75) is 77.1 Å². The van der Waals surface area contributed by atoms with Crippen LogP contribution in [0.2, 0.25) is 0 Å². The van der Waals surface area contributed by atoms with Gasteiger partial charge in [-0.1, -0.05) is 12.5 Å². The lowest BCUT2D eigenvalue weighted by Gasteiger charge is -2.33. The molecule has 0 aromatic heterocycles. The largest absolute Gasteiger partial charge is 0.458 e. The minimum absolute atomic E-state index is 0.237. The van der Waals surface area contributed by atoms with Gasteiger partial charge in [-0.05, 0) is 52.9 Å². The van der Waals surface area contributed by atoms with E-state index in [1.165, 1.54) is 0 Å². The topological polar surface area (TPSA) is 55.8 Å². The Morgan fingerprint density at radius 1 is 1.33 bits per heavy atom. The minimum atomic E-state index is -1.00. The Bertz CT molecular complexity index is 358. The van der Waals surface area contributed by atoms with Gasteiger partial charge in [0.15, 0.2) is 5.60 Å². The summed E-state index contributed by atoms with van der Waals surface area (Å²) < 4.78 is 11.4. The van der Waals surface area contributed by atoms with Crippen LogP contribution in [0.1, 0.15) is 59.8 Å². The van der Waals surface area contributed by atoms with E-state index in [4.69, 9.17) is 9.47 Å². The second kappa shape index (κ2) is 7.41. The number of ether oxygens (including phenoxy) is 2. The highest BCUT2D eigenvalue weighted by Gasteiger charge is 2.38. The smallest absolute Gasteiger partial charge is 0.338 e. The van der Waals surface area contributed by atoms with E-state index in [-0.39, 0.29) is 12.1 Å². The molecule has 122 valence electrons. The lowest BCUT2D eigenvalue weighted by Crippen LogP contribution is -2.44. The molecule has 1 N–H and O–H groups in total. The van der Waals surface area contributed by atoms with Crippen LogP contribution >= 0.6 is 0 Å². The van der Waals surface area contributed by atoms with E-state index in [1.807, 2.05) is 20.8 Å². The highest BCUT2D eigenvalue weighted by atomic mass is 16.6. The van der Waals surface area contributed by atoms with Crippen molar-refractivity contribution in [1.82, 2.24) is 0 Å². The number of hydrogen-bond donors (Lipinski definition) is 1. The summed E-state index contributed by atoms with van der Waals surface area (Å²) in [5.74, 6) is -0.0495. The molecule has 0 amide bonds. The molecular formula is C17H30O4. The van der Waals surface area contributed by atoms with E-state index in [2.05, 4.69) is 6.58 Å². The summed E-state index contributed by atoms with van der Waals surface area (Å²) in [5, 5.41) is 9.71. The first-order chi connectivity index (χ1) is 9.66. The zero-order valence-corrected chi connectivity index (χ0v) is 13.9. The Morgan fingerprint density at radius 2 is 2.00 bits per heavy atom. The van der Waals surface area contributed by atoms with Crippen molar-refractivity contribution < 1.29 is 19.4 Å². The fourth-order valence-electron chi connectivity index (χ4n) is 2.58. The molecule has 3 atom stereocenters. The van der Waals surface area contributed by atoms with Crippen LogP contribution in [0.4, 0.5) is 0 Å². The molecule has 1 rings (SSSR count). The van der Waals surface area contributed by atoms with Crippen molar-refractivity contribution in [3.63, 3.8) is 0 Å². The molecule has 0 spiro atoms. The molecule has 0 aromatic carbocycles. The molecular weight excluding hydrogens is 268 g/mol. The van der Waals surface area contributed by atoms with Gasteiger partial charge in [0.05, 0.1) is 12.7 Å². The quantitative estimate of drug-likeness (QED) is 0.604. The van der Waals surface area contributed by atoms with E-state index < -0.39 is 11.2 Å². The maximum atomic E-state index is 12.4. The predicted octanol–water partition coefficient (Wildman–Crippen LogP) is 3.23. The number of carbonyl (C=O) groups excluding carboxylic acids is 1. The summed E-state index contributed by atoms with van der Waals surface area (Å²) >= 11 is 0. The van der Waals surface area contributed by atoms with E-state index in [0.717, 1.165) is 25.7 Å². The molecule has 1 aliphatic rings. The van der Waals surface area contributed by atoms with Gasteiger partial charge in [-0.3, -0.25) is 0 Å². The summed E-state index contributed by atoms with van der Waals surface area (Å²) in [6.45, 7) is 11.5. The number of esters is 1. The molecule has 0 bridgehead atoms. The van der Waals surface area contributed by atoms with Gasteiger partial charge >= 0.3 is 5.97 Å². The highest BCUT2D eigenvalue weighted by molar-refractivity contribution is 5.79. The van der Waals surface area contributed by atoms with Gasteiger partial charge in [-0.25, -0.2) is 4.79 Å². The molecule has 1 aliphatic carbocycles. The first kappa shape index (κ1) is 18.2. The van der Waals surface area contributed by atoms with Crippen LogP contribution in [0.25, 0.3) is 0 Å². The van der Waals surface area contributed by atoms with Gasteiger partial charge in [-0.15, -0.1) is 6.58 Å². The second-order valence-corrected chi connectivity index (χ2v) is 7.22. The fraction of sp³-hybridized carbons (Fsp3) is 0.824. The maximum Gasteiger partial charge on any atom is 0.338 e. The SMILES string of the molecule is C=CCC(C)(OCC1CCC[C@H](O)C1)C(=O)OC(C)(C)C. The zero-order valence-electron chi connectivity index (χ0n) is 13.9. The summed E-state index contributed by atoms with van der Waals surface area (Å²) in [4.78, 5) is 12.4. The number of aliphatic hydroxyl groups excluding tert-OH is 1. The molecule has 21 heavy (non-hydrogen) atoms. The van der Waals surface area contributed by atoms with Gasteiger partial charge in [0.2, 0.25) is 0 Å². The van der Waals surface area contributed by atoms with Gasteiger partial charge in [0, 0.05) is 6.42 Å². The molecule has 0 aliphatic heterocycles. The Morgan fingerprint density at radius 3 is 2.52 bits per heavy atom. The van der Waals surface area contributed by atoms with E-state index in [9.17, 15) is 9.90 Å². The number of carbonyl (C=O) groups is 1. The summed E-state index contributed by atoms with van der Waals surface area (Å²) in [7, 11) is 0. The van der Waals surface area contributed by atoms with Crippen molar-refractivity contribution >= 4 is 5.97 Å². The Kier molecular flexibility index (Phi) is 6.41. The minimum Gasteiger partial charge on any atom is -0.458 e. The molecule has 1 saturated carbocycles. The molecule has 0 radical (unpaired) electrons. The van der Waals surface area contributed by atoms with Crippen molar-refractivity contribution in [2.24, 2.45) is 5.92 Å². The third kappa shape index (κ3) is 6.18. The number of rotatable bonds is 6. The summed E-state index contributed by atoms with van der Waals surface area (Å²) in [6, 6.07) is 0. The maximum absolute atomic E-state index is 12.4. The van der Waals surface area contributed by atoms with Crippen molar-refractivity contribution in [1.29, 1.82) is 0 Å². The normalized spacial score (nSPS) is 26.0. The fourth-order valence-corrected chi connectivity index (χ4v) is 2.58. The Labute approximate surface area is 128 Å². The van der Waals surface area contributed by atoms with Crippen LogP contribution in [0.15, 0.2) is 12.7 Å². The first-order valence-corrected chi connectivity index (χ1v) is 7.82. The van der Waals surface area contributed by atoms with Crippen molar-refractivity contribution in [3.05, 3.63) is 12.7 Å². The summed E-state index contributed by atoms with van der Waals surface area (Å²) in [6.07, 6.45) is 5.52. The molecule has 2 unspecified atom stereocenters. The van der Waals surface area contributed by atoms with Crippen LogP contribution in [0.5, 0.6) is 0 Å². The standard InChI is InChI=1S/C17H30O4/c1-6-10-17(5,15(19)21-16(2,3)4)20-12-13-8-7-9-14(18)11-13/h6,13-14,18H,1,7-12H2,2-5H3/t13?,14-,17?/m0/s1. The van der Waals surface area contributed by atoms with Crippen LogP contribution in [0, 0.1) is 5.92 Å². The predicted molar refractivity (Wildman–Crippen MR) is 83.0 cm³/mol. The van der Waals surface area contributed by atoms with E-state index in [0.29, 0.717) is 18.9 Å². The summed E-state index contributed by atoms with van der Waals surface area (Å²) in [5.41, 5.74) is -1.54. The van der Waals surface area contributed by atoms with Crippen molar-refractivity contribution in [3.8, 4) is 0 Å². The van der Waals surface area contributed by atoms with Gasteiger partial charge < -0.3 is 14.6 Å². The molecule has 1 fully saturated rings. The molecule has 0 saturated heterocycles. The average molecular weight is 298 g/mol.